The summed E-state index contributed by atoms with van der Waals surface area (Å²) < 4.78 is 5.58. The van der Waals surface area contributed by atoms with E-state index in [1.54, 1.807) is 6.92 Å². The number of likely N-dealkylation sites (tertiary alicyclic amines) is 1. The molecular weight excluding hydrogens is 406 g/mol. The molecular formula is C25H31N3O4. The summed E-state index contributed by atoms with van der Waals surface area (Å²) in [6, 6.07) is 17.0. The van der Waals surface area contributed by atoms with Crippen molar-refractivity contribution in [2.45, 2.75) is 38.6 Å². The lowest BCUT2D eigenvalue weighted by molar-refractivity contribution is -0.124. The van der Waals surface area contributed by atoms with Crippen molar-refractivity contribution in [3.05, 3.63) is 60.2 Å². The number of rotatable bonds is 10. The minimum Gasteiger partial charge on any atom is -0.484 e. The summed E-state index contributed by atoms with van der Waals surface area (Å²) in [5, 5.41) is 5.92. The highest BCUT2D eigenvalue weighted by atomic mass is 16.5. The summed E-state index contributed by atoms with van der Waals surface area (Å²) in [7, 11) is 0. The molecule has 2 aromatic rings. The number of piperidine rings is 1. The lowest BCUT2D eigenvalue weighted by Crippen LogP contribution is -2.47. The zero-order valence-corrected chi connectivity index (χ0v) is 18.5. The number of aryl methyl sites for hydroxylation is 1. The molecule has 32 heavy (non-hydrogen) atoms. The minimum atomic E-state index is -0.147. The SMILES string of the molecule is CC(=O)CCc1ccc(OCC(=O)NC2CCN(CC(=O)Nc3ccccc3)CC2)cc1. The molecule has 1 fully saturated rings. The van der Waals surface area contributed by atoms with Crippen molar-refractivity contribution >= 4 is 23.3 Å². The average Bonchev–Trinajstić information content (AvgIpc) is 2.79. The highest BCUT2D eigenvalue weighted by molar-refractivity contribution is 5.92. The predicted molar refractivity (Wildman–Crippen MR) is 124 cm³/mol. The van der Waals surface area contributed by atoms with E-state index in [9.17, 15) is 14.4 Å². The molecule has 7 heteroatoms. The van der Waals surface area contributed by atoms with Crippen LogP contribution in [-0.4, -0.2) is 54.8 Å². The maximum absolute atomic E-state index is 12.2. The van der Waals surface area contributed by atoms with Gasteiger partial charge in [0.05, 0.1) is 6.54 Å². The fourth-order valence-electron chi connectivity index (χ4n) is 3.65. The Hall–Kier alpha value is -3.19. The van der Waals surface area contributed by atoms with Gasteiger partial charge in [-0.3, -0.25) is 14.5 Å². The van der Waals surface area contributed by atoms with Crippen LogP contribution in [0.3, 0.4) is 0 Å². The molecule has 0 saturated carbocycles. The van der Waals surface area contributed by atoms with Crippen LogP contribution in [0.15, 0.2) is 54.6 Å². The van der Waals surface area contributed by atoms with E-state index in [0.717, 1.165) is 37.2 Å². The highest BCUT2D eigenvalue weighted by Crippen LogP contribution is 2.14. The molecule has 170 valence electrons. The third-order valence-corrected chi connectivity index (χ3v) is 5.44. The molecule has 2 N–H and O–H groups in total. The first-order valence-electron chi connectivity index (χ1n) is 11.1. The molecule has 0 bridgehead atoms. The van der Waals surface area contributed by atoms with Gasteiger partial charge in [-0.15, -0.1) is 0 Å². The molecule has 2 amide bonds. The zero-order valence-electron chi connectivity index (χ0n) is 18.5. The van der Waals surface area contributed by atoms with E-state index < -0.39 is 0 Å². The molecule has 1 aliphatic rings. The van der Waals surface area contributed by atoms with Gasteiger partial charge in [0, 0.05) is 31.2 Å². The van der Waals surface area contributed by atoms with Crippen molar-refractivity contribution in [1.82, 2.24) is 10.2 Å². The van der Waals surface area contributed by atoms with E-state index >= 15 is 0 Å². The molecule has 3 rings (SSSR count). The van der Waals surface area contributed by atoms with Crippen molar-refractivity contribution in [3.63, 3.8) is 0 Å². The van der Waals surface area contributed by atoms with Crippen molar-refractivity contribution < 1.29 is 19.1 Å². The first kappa shape index (κ1) is 23.5. The number of carbonyl (C=O) groups excluding carboxylic acids is 3. The summed E-state index contributed by atoms with van der Waals surface area (Å²) >= 11 is 0. The summed E-state index contributed by atoms with van der Waals surface area (Å²) in [6.45, 7) is 3.42. The van der Waals surface area contributed by atoms with Crippen LogP contribution >= 0.6 is 0 Å². The van der Waals surface area contributed by atoms with Crippen LogP contribution in [0.1, 0.15) is 31.7 Å². The number of anilines is 1. The lowest BCUT2D eigenvalue weighted by atomic mass is 10.1. The first-order valence-corrected chi connectivity index (χ1v) is 11.1. The Morgan fingerprint density at radius 2 is 1.66 bits per heavy atom. The van der Waals surface area contributed by atoms with Gasteiger partial charge in [-0.1, -0.05) is 30.3 Å². The van der Waals surface area contributed by atoms with Crippen LogP contribution in [0.4, 0.5) is 5.69 Å². The van der Waals surface area contributed by atoms with Gasteiger partial charge in [0.15, 0.2) is 6.61 Å². The van der Waals surface area contributed by atoms with Crippen LogP contribution in [-0.2, 0) is 20.8 Å². The number of Topliss-reactive ketones (excluding diaryl/α,β-unsaturated/α-hetero) is 1. The van der Waals surface area contributed by atoms with Gasteiger partial charge in [-0.25, -0.2) is 0 Å². The summed E-state index contributed by atoms with van der Waals surface area (Å²) in [4.78, 5) is 37.6. The third-order valence-electron chi connectivity index (χ3n) is 5.44. The fraction of sp³-hybridized carbons (Fsp3) is 0.400. The van der Waals surface area contributed by atoms with E-state index in [1.165, 1.54) is 0 Å². The van der Waals surface area contributed by atoms with Crippen LogP contribution in [0.25, 0.3) is 0 Å². The van der Waals surface area contributed by atoms with Crippen molar-refractivity contribution in [3.8, 4) is 5.75 Å². The van der Waals surface area contributed by atoms with Gasteiger partial charge in [0.25, 0.3) is 5.91 Å². The molecule has 0 unspecified atom stereocenters. The van der Waals surface area contributed by atoms with Gasteiger partial charge in [-0.2, -0.15) is 0 Å². The summed E-state index contributed by atoms with van der Waals surface area (Å²) in [5.74, 6) is 0.625. The zero-order chi connectivity index (χ0) is 22.8. The molecule has 0 aliphatic carbocycles. The molecule has 0 radical (unpaired) electrons. The van der Waals surface area contributed by atoms with Crippen LogP contribution in [0.5, 0.6) is 5.75 Å². The summed E-state index contributed by atoms with van der Waals surface area (Å²) in [5.41, 5.74) is 1.87. The number of hydrogen-bond donors (Lipinski definition) is 2. The third kappa shape index (κ3) is 8.15. The Bertz CT molecular complexity index is 891. The van der Waals surface area contributed by atoms with Gasteiger partial charge < -0.3 is 20.2 Å². The van der Waals surface area contributed by atoms with Gasteiger partial charge >= 0.3 is 0 Å². The summed E-state index contributed by atoms with van der Waals surface area (Å²) in [6.07, 6.45) is 2.84. The second-order valence-corrected chi connectivity index (χ2v) is 8.17. The largest absolute Gasteiger partial charge is 0.484 e. The number of nitrogens with one attached hydrogen (secondary N) is 2. The number of benzene rings is 2. The van der Waals surface area contributed by atoms with Crippen LogP contribution in [0, 0.1) is 0 Å². The van der Waals surface area contributed by atoms with Gasteiger partial charge in [0.1, 0.15) is 11.5 Å². The number of ketones is 1. The predicted octanol–water partition coefficient (Wildman–Crippen LogP) is 2.81. The molecule has 1 saturated heterocycles. The van der Waals surface area contributed by atoms with Gasteiger partial charge in [0.2, 0.25) is 5.91 Å². The van der Waals surface area contributed by atoms with E-state index in [-0.39, 0.29) is 30.2 Å². The van der Waals surface area contributed by atoms with E-state index in [1.807, 2.05) is 54.6 Å². The lowest BCUT2D eigenvalue weighted by Gasteiger charge is -2.31. The standard InChI is InChI=1S/C25H31N3O4/c1-19(29)7-8-20-9-11-23(12-10-20)32-18-25(31)27-22-13-15-28(16-14-22)17-24(30)26-21-5-3-2-4-6-21/h2-6,9-12,22H,7-8,13-18H2,1H3,(H,26,30)(H,27,31). The van der Waals surface area contributed by atoms with E-state index in [2.05, 4.69) is 15.5 Å². The normalized spacial score (nSPS) is 14.5. The number of amides is 2. The maximum atomic E-state index is 12.2. The van der Waals surface area contributed by atoms with Crippen LogP contribution in [0.2, 0.25) is 0 Å². The van der Waals surface area contributed by atoms with E-state index in [4.69, 9.17) is 4.74 Å². The molecule has 1 heterocycles. The minimum absolute atomic E-state index is 0.0283. The van der Waals surface area contributed by atoms with Crippen molar-refractivity contribution in [2.75, 3.05) is 31.6 Å². The molecule has 0 spiro atoms. The number of ether oxygens (including phenoxy) is 1. The Balaban J connectivity index is 1.32. The Morgan fingerprint density at radius 1 is 0.969 bits per heavy atom. The van der Waals surface area contributed by atoms with Crippen molar-refractivity contribution in [1.29, 1.82) is 0 Å². The average molecular weight is 438 g/mol. The number of carbonyl (C=O) groups is 3. The van der Waals surface area contributed by atoms with Crippen LogP contribution < -0.4 is 15.4 Å². The second-order valence-electron chi connectivity index (χ2n) is 8.17. The molecule has 1 aliphatic heterocycles. The smallest absolute Gasteiger partial charge is 0.258 e. The van der Waals surface area contributed by atoms with Crippen molar-refractivity contribution in [2.24, 2.45) is 0 Å². The fourth-order valence-corrected chi connectivity index (χ4v) is 3.65. The quantitative estimate of drug-likeness (QED) is 0.597. The molecule has 7 nitrogen and oxygen atoms in total. The topological polar surface area (TPSA) is 87.7 Å². The number of para-hydroxylation sites is 1. The molecule has 0 aromatic heterocycles. The van der Waals surface area contributed by atoms with Gasteiger partial charge in [-0.05, 0) is 56.0 Å². The van der Waals surface area contributed by atoms with E-state index in [0.29, 0.717) is 25.1 Å². The Morgan fingerprint density at radius 3 is 2.31 bits per heavy atom. The Labute approximate surface area is 189 Å². The maximum Gasteiger partial charge on any atom is 0.258 e. The molecule has 0 atom stereocenters. The Kier molecular flexibility index (Phi) is 8.80. The molecule has 2 aromatic carbocycles. The second kappa shape index (κ2) is 12.0. The number of hydrogen-bond acceptors (Lipinski definition) is 5. The highest BCUT2D eigenvalue weighted by Gasteiger charge is 2.22. The first-order chi connectivity index (χ1) is 15.5. The number of nitrogens with zero attached hydrogens (tertiary/aromatic N) is 1. The monoisotopic (exact) mass is 437 g/mol.